The molecule has 0 saturated carbocycles. The minimum absolute atomic E-state index is 0.00376. The maximum absolute atomic E-state index is 4.92. The van der Waals surface area contributed by atoms with E-state index in [1.54, 1.807) is 0 Å². The largest absolute Gasteiger partial charge is 0.208 e. The molecule has 2 aromatic heterocycles. The molecular weight excluding hydrogens is 615 g/mol. The maximum Gasteiger partial charge on any atom is 0.164 e. The molecule has 2 heterocycles. The number of hydrogen-bond donors (Lipinski definition) is 0. The Morgan fingerprint density at radius 1 is 0.429 bits per heavy atom. The molecule has 3 nitrogen and oxygen atoms in total. The van der Waals surface area contributed by atoms with Crippen molar-refractivity contribution in [3.05, 3.63) is 151 Å². The molecule has 1 aliphatic rings. The van der Waals surface area contributed by atoms with Gasteiger partial charge in [-0.3, -0.25) is 0 Å². The molecule has 4 heteroatoms. The van der Waals surface area contributed by atoms with E-state index < -0.39 is 0 Å². The summed E-state index contributed by atoms with van der Waals surface area (Å²) in [5.74, 6) is 2.00. The summed E-state index contributed by atoms with van der Waals surface area (Å²) in [6.07, 6.45) is 0. The van der Waals surface area contributed by atoms with Crippen LogP contribution in [0.2, 0.25) is 0 Å². The molecule has 0 fully saturated rings. The Balaban J connectivity index is 1.13. The molecule has 0 spiro atoms. The van der Waals surface area contributed by atoms with E-state index in [0.29, 0.717) is 17.5 Å². The van der Waals surface area contributed by atoms with Crippen molar-refractivity contribution in [2.45, 2.75) is 38.5 Å². The summed E-state index contributed by atoms with van der Waals surface area (Å²) < 4.78 is 2.73. The third-order valence-corrected chi connectivity index (χ3v) is 12.1. The molecule has 0 aliphatic heterocycles. The van der Waals surface area contributed by atoms with E-state index in [9.17, 15) is 0 Å². The van der Waals surface area contributed by atoms with Gasteiger partial charge in [-0.2, -0.15) is 0 Å². The number of hydrogen-bond acceptors (Lipinski definition) is 4. The van der Waals surface area contributed by atoms with E-state index in [1.165, 1.54) is 53.6 Å². The van der Waals surface area contributed by atoms with Gasteiger partial charge in [0.15, 0.2) is 17.5 Å². The second-order valence-corrected chi connectivity index (χ2v) is 15.1. The van der Waals surface area contributed by atoms with Crippen LogP contribution in [0.3, 0.4) is 0 Å². The fraction of sp³-hybridized carbons (Fsp3) is 0.133. The smallest absolute Gasteiger partial charge is 0.164 e. The van der Waals surface area contributed by atoms with Gasteiger partial charge in [0.25, 0.3) is 0 Å². The van der Waals surface area contributed by atoms with Crippen LogP contribution in [0.1, 0.15) is 38.8 Å². The normalized spacial score (nSPS) is 14.4. The van der Waals surface area contributed by atoms with Crippen LogP contribution >= 0.6 is 11.3 Å². The Bertz CT molecular complexity index is 2470. The predicted molar refractivity (Wildman–Crippen MR) is 206 cm³/mol. The number of rotatable bonds is 4. The molecule has 0 N–H and O–H groups in total. The number of benzene rings is 6. The molecular formula is C45H35N3S. The third kappa shape index (κ3) is 4.66. The first-order chi connectivity index (χ1) is 23.8. The van der Waals surface area contributed by atoms with E-state index in [-0.39, 0.29) is 10.8 Å². The topological polar surface area (TPSA) is 38.7 Å². The van der Waals surface area contributed by atoms with Crippen LogP contribution in [0.4, 0.5) is 0 Å². The minimum atomic E-state index is -0.0362. The van der Waals surface area contributed by atoms with Gasteiger partial charge in [0.05, 0.1) is 0 Å². The summed E-state index contributed by atoms with van der Waals surface area (Å²) in [6.45, 7) is 9.67. The summed E-state index contributed by atoms with van der Waals surface area (Å²) in [5, 5.41) is 2.65. The average molecular weight is 650 g/mol. The van der Waals surface area contributed by atoms with Gasteiger partial charge in [-0.05, 0) is 50.9 Å². The van der Waals surface area contributed by atoms with Crippen molar-refractivity contribution in [1.82, 2.24) is 15.0 Å². The molecule has 9 rings (SSSR count). The first-order valence-electron chi connectivity index (χ1n) is 16.9. The van der Waals surface area contributed by atoms with Crippen LogP contribution in [0, 0.1) is 0 Å². The van der Waals surface area contributed by atoms with Gasteiger partial charge >= 0.3 is 0 Å². The summed E-state index contributed by atoms with van der Waals surface area (Å²) in [4.78, 5) is 14.7. The van der Waals surface area contributed by atoms with Crippen LogP contribution in [0.15, 0.2) is 140 Å². The zero-order chi connectivity index (χ0) is 33.3. The lowest BCUT2D eigenvalue weighted by Gasteiger charge is -2.48. The Morgan fingerprint density at radius 2 is 0.959 bits per heavy atom. The Labute approximate surface area is 291 Å². The summed E-state index contributed by atoms with van der Waals surface area (Å²) >= 11 is 1.93. The van der Waals surface area contributed by atoms with Crippen LogP contribution in [0.5, 0.6) is 0 Å². The van der Waals surface area contributed by atoms with Crippen molar-refractivity contribution in [2.24, 2.45) is 0 Å². The molecule has 0 radical (unpaired) electrons. The minimum Gasteiger partial charge on any atom is -0.208 e. The van der Waals surface area contributed by atoms with Gasteiger partial charge in [0.2, 0.25) is 0 Å². The molecule has 0 unspecified atom stereocenters. The first kappa shape index (κ1) is 29.7. The van der Waals surface area contributed by atoms with Crippen molar-refractivity contribution < 1.29 is 0 Å². The molecule has 0 saturated heterocycles. The van der Waals surface area contributed by atoms with Crippen LogP contribution in [0.25, 0.3) is 76.6 Å². The lowest BCUT2D eigenvalue weighted by Crippen LogP contribution is -2.43. The molecule has 1 aliphatic carbocycles. The second kappa shape index (κ2) is 11.0. The molecule has 6 aromatic carbocycles. The Hall–Kier alpha value is -5.45. The number of thiophene rings is 1. The predicted octanol–water partition coefficient (Wildman–Crippen LogP) is 12.1. The lowest BCUT2D eigenvalue weighted by atomic mass is 9.55. The zero-order valence-corrected chi connectivity index (χ0v) is 28.8. The van der Waals surface area contributed by atoms with Crippen LogP contribution in [-0.2, 0) is 10.8 Å². The van der Waals surface area contributed by atoms with Gasteiger partial charge in [-0.1, -0.05) is 155 Å². The first-order valence-corrected chi connectivity index (χ1v) is 17.7. The molecule has 49 heavy (non-hydrogen) atoms. The summed E-state index contributed by atoms with van der Waals surface area (Å²) in [6, 6.07) is 49.5. The van der Waals surface area contributed by atoms with Crippen LogP contribution in [-0.4, -0.2) is 15.0 Å². The number of nitrogens with zero attached hydrogens (tertiary/aromatic N) is 3. The highest BCUT2D eigenvalue weighted by atomic mass is 32.1. The zero-order valence-electron chi connectivity index (χ0n) is 28.0. The van der Waals surface area contributed by atoms with Crippen molar-refractivity contribution in [3.8, 4) is 56.4 Å². The average Bonchev–Trinajstić information content (AvgIpc) is 3.52. The number of fused-ring (bicyclic) bond motifs is 7. The van der Waals surface area contributed by atoms with Crippen molar-refractivity contribution in [1.29, 1.82) is 0 Å². The SMILES string of the molecule is CC1(C)c2ccccc2-c2ccc3c(sc4ccc(-c5ccc(-c6nc(-c7ccccc7)nc(-c7ccccc7)n6)cc5)cc43)c2C1(C)C. The lowest BCUT2D eigenvalue weighted by molar-refractivity contribution is 0.301. The van der Waals surface area contributed by atoms with E-state index in [1.807, 2.05) is 72.0 Å². The highest BCUT2D eigenvalue weighted by Crippen LogP contribution is 2.57. The van der Waals surface area contributed by atoms with Crippen LogP contribution < -0.4 is 0 Å². The fourth-order valence-corrected chi connectivity index (χ4v) is 8.92. The highest BCUT2D eigenvalue weighted by Gasteiger charge is 2.46. The fourth-order valence-electron chi connectivity index (χ4n) is 7.53. The molecule has 236 valence electrons. The second-order valence-electron chi connectivity index (χ2n) is 14.1. The van der Waals surface area contributed by atoms with Gasteiger partial charge in [0, 0.05) is 42.3 Å². The highest BCUT2D eigenvalue weighted by molar-refractivity contribution is 7.26. The Kier molecular flexibility index (Phi) is 6.69. The number of aromatic nitrogens is 3. The van der Waals surface area contributed by atoms with Gasteiger partial charge < -0.3 is 0 Å². The summed E-state index contributed by atoms with van der Waals surface area (Å²) in [5.41, 5.74) is 10.9. The quantitative estimate of drug-likeness (QED) is 0.190. The molecule has 0 amide bonds. The van der Waals surface area contributed by atoms with Crippen molar-refractivity contribution in [2.75, 3.05) is 0 Å². The summed E-state index contributed by atoms with van der Waals surface area (Å²) in [7, 11) is 0. The van der Waals surface area contributed by atoms with E-state index in [0.717, 1.165) is 16.7 Å². The van der Waals surface area contributed by atoms with Crippen molar-refractivity contribution in [3.63, 3.8) is 0 Å². The van der Waals surface area contributed by atoms with Gasteiger partial charge in [-0.15, -0.1) is 11.3 Å². The molecule has 8 aromatic rings. The molecule has 0 atom stereocenters. The van der Waals surface area contributed by atoms with Gasteiger partial charge in [0.1, 0.15) is 0 Å². The third-order valence-electron chi connectivity index (χ3n) is 10.9. The van der Waals surface area contributed by atoms with E-state index in [2.05, 4.69) is 107 Å². The maximum atomic E-state index is 4.92. The Morgan fingerprint density at radius 3 is 1.59 bits per heavy atom. The standard InChI is InChI=1S/C45H35N3S/c1-44(2)37-18-12-11-17-33(37)34-24-25-35-36-27-32(23-26-38(36)49-40(35)39(34)45(44,3)4)28-19-21-31(22-20-28)43-47-41(29-13-7-5-8-14-29)46-42(48-43)30-15-9-6-10-16-30/h5-27H,1-4H3. The molecule has 0 bridgehead atoms. The van der Waals surface area contributed by atoms with Crippen molar-refractivity contribution >= 4 is 31.5 Å². The van der Waals surface area contributed by atoms with Gasteiger partial charge in [-0.25, -0.2) is 15.0 Å². The van der Waals surface area contributed by atoms with E-state index in [4.69, 9.17) is 15.0 Å². The monoisotopic (exact) mass is 649 g/mol. The van der Waals surface area contributed by atoms with E-state index >= 15 is 0 Å².